The zero-order valence-corrected chi connectivity index (χ0v) is 9.83. The average Bonchev–Trinajstić information content (AvgIpc) is 2.75. The van der Waals surface area contributed by atoms with E-state index in [9.17, 15) is 5.11 Å². The average molecular weight is 240 g/mol. The molecule has 0 aliphatic carbocycles. The molecule has 0 unspecified atom stereocenters. The van der Waals surface area contributed by atoms with E-state index in [2.05, 4.69) is 10.2 Å². The van der Waals surface area contributed by atoms with Crippen LogP contribution < -0.4 is 5.73 Å². The van der Waals surface area contributed by atoms with E-state index < -0.39 is 0 Å². The third-order valence-corrected chi connectivity index (χ3v) is 2.87. The molecule has 0 spiro atoms. The van der Waals surface area contributed by atoms with Gasteiger partial charge < -0.3 is 10.8 Å². The number of nitrogens with zero attached hydrogens (tertiary/aromatic N) is 3. The van der Waals surface area contributed by atoms with Crippen LogP contribution in [0.2, 0.25) is 0 Å². The molecule has 3 rings (SSSR count). The lowest BCUT2D eigenvalue weighted by Gasteiger charge is -2.05. The highest BCUT2D eigenvalue weighted by Gasteiger charge is 2.13. The van der Waals surface area contributed by atoms with Crippen LogP contribution in [0.25, 0.3) is 17.0 Å². The molecule has 2 heterocycles. The largest absolute Gasteiger partial charge is 0.505 e. The Morgan fingerprint density at radius 1 is 1.22 bits per heavy atom. The predicted octanol–water partition coefficient (Wildman–Crippen LogP) is 1.99. The summed E-state index contributed by atoms with van der Waals surface area (Å²) in [5, 5.41) is 18.2. The lowest BCUT2D eigenvalue weighted by atomic mass is 10.1. The van der Waals surface area contributed by atoms with Crippen molar-refractivity contribution >= 4 is 11.3 Å². The van der Waals surface area contributed by atoms with E-state index in [1.165, 1.54) is 0 Å². The smallest absolute Gasteiger partial charge is 0.172 e. The first-order chi connectivity index (χ1) is 8.66. The molecule has 0 atom stereocenters. The second-order valence-electron chi connectivity index (χ2n) is 4.20. The van der Waals surface area contributed by atoms with Gasteiger partial charge in [-0.2, -0.15) is 0 Å². The van der Waals surface area contributed by atoms with Crippen LogP contribution in [0, 0.1) is 6.92 Å². The molecule has 0 fully saturated rings. The summed E-state index contributed by atoms with van der Waals surface area (Å²) in [6.45, 7) is 1.99. The van der Waals surface area contributed by atoms with Crippen molar-refractivity contribution < 1.29 is 5.11 Å². The van der Waals surface area contributed by atoms with Gasteiger partial charge in [0.1, 0.15) is 5.75 Å². The fourth-order valence-corrected chi connectivity index (χ4v) is 1.92. The van der Waals surface area contributed by atoms with Gasteiger partial charge in [0.15, 0.2) is 11.5 Å². The number of phenols is 1. The first-order valence-electron chi connectivity index (χ1n) is 5.56. The molecule has 1 aromatic carbocycles. The number of rotatable bonds is 1. The summed E-state index contributed by atoms with van der Waals surface area (Å²) in [5.74, 6) is 0.613. The molecule has 0 saturated carbocycles. The number of aromatic hydroxyl groups is 1. The van der Waals surface area contributed by atoms with Gasteiger partial charge in [-0.1, -0.05) is 6.07 Å². The van der Waals surface area contributed by atoms with Crippen molar-refractivity contribution in [2.45, 2.75) is 6.92 Å². The summed E-state index contributed by atoms with van der Waals surface area (Å²) in [7, 11) is 0. The van der Waals surface area contributed by atoms with E-state index in [1.54, 1.807) is 18.2 Å². The molecule has 0 aliphatic rings. The van der Waals surface area contributed by atoms with Gasteiger partial charge in [-0.3, -0.25) is 4.40 Å². The Hall–Kier alpha value is -2.56. The standard InChI is InChI=1S/C13H12N4O/c1-8-5-6-17-11(7-8)15-16-13(17)9-3-2-4-10(14)12(9)18/h2-7,18H,14H2,1H3. The van der Waals surface area contributed by atoms with E-state index in [0.717, 1.165) is 11.2 Å². The molecule has 18 heavy (non-hydrogen) atoms. The quantitative estimate of drug-likeness (QED) is 0.503. The molecule has 0 amide bonds. The monoisotopic (exact) mass is 240 g/mol. The van der Waals surface area contributed by atoms with Crippen molar-refractivity contribution in [3.8, 4) is 17.1 Å². The van der Waals surface area contributed by atoms with Crippen molar-refractivity contribution in [1.82, 2.24) is 14.6 Å². The van der Waals surface area contributed by atoms with E-state index in [0.29, 0.717) is 17.1 Å². The fourth-order valence-electron chi connectivity index (χ4n) is 1.92. The van der Waals surface area contributed by atoms with Gasteiger partial charge in [0, 0.05) is 6.20 Å². The Bertz CT molecular complexity index is 733. The number of fused-ring (bicyclic) bond motifs is 1. The van der Waals surface area contributed by atoms with Gasteiger partial charge in [0.05, 0.1) is 11.3 Å². The zero-order valence-electron chi connectivity index (χ0n) is 9.83. The second-order valence-corrected chi connectivity index (χ2v) is 4.20. The first-order valence-corrected chi connectivity index (χ1v) is 5.56. The van der Waals surface area contributed by atoms with E-state index in [4.69, 9.17) is 5.73 Å². The number of hydrogen-bond donors (Lipinski definition) is 2. The Kier molecular flexibility index (Phi) is 2.19. The lowest BCUT2D eigenvalue weighted by Crippen LogP contribution is -1.92. The molecule has 2 aromatic heterocycles. The van der Waals surface area contributed by atoms with Crippen LogP contribution in [0.1, 0.15) is 5.56 Å². The molecule has 5 heteroatoms. The maximum Gasteiger partial charge on any atom is 0.172 e. The van der Waals surface area contributed by atoms with Gasteiger partial charge in [-0.05, 0) is 36.8 Å². The highest BCUT2D eigenvalue weighted by molar-refractivity contribution is 5.73. The summed E-state index contributed by atoms with van der Waals surface area (Å²) >= 11 is 0. The van der Waals surface area contributed by atoms with E-state index in [1.807, 2.05) is 29.7 Å². The van der Waals surface area contributed by atoms with Crippen molar-refractivity contribution in [2.24, 2.45) is 0 Å². The van der Waals surface area contributed by atoms with Crippen LogP contribution >= 0.6 is 0 Å². The maximum absolute atomic E-state index is 9.98. The summed E-state index contributed by atoms with van der Waals surface area (Å²) in [6, 6.07) is 9.08. The number of aryl methyl sites for hydroxylation is 1. The Morgan fingerprint density at radius 3 is 2.89 bits per heavy atom. The van der Waals surface area contributed by atoms with Gasteiger partial charge in [-0.15, -0.1) is 10.2 Å². The summed E-state index contributed by atoms with van der Waals surface area (Å²) in [5.41, 5.74) is 8.44. The summed E-state index contributed by atoms with van der Waals surface area (Å²) in [6.07, 6.45) is 1.88. The van der Waals surface area contributed by atoms with Crippen molar-refractivity contribution in [3.63, 3.8) is 0 Å². The molecule has 0 radical (unpaired) electrons. The predicted molar refractivity (Wildman–Crippen MR) is 69.2 cm³/mol. The molecular weight excluding hydrogens is 228 g/mol. The number of nitrogen functional groups attached to an aromatic ring is 1. The number of para-hydroxylation sites is 1. The lowest BCUT2D eigenvalue weighted by molar-refractivity contribution is 0.479. The molecule has 90 valence electrons. The SMILES string of the molecule is Cc1ccn2c(-c3cccc(N)c3O)nnc2c1. The summed E-state index contributed by atoms with van der Waals surface area (Å²) < 4.78 is 1.82. The maximum atomic E-state index is 9.98. The van der Waals surface area contributed by atoms with Gasteiger partial charge in [0.25, 0.3) is 0 Å². The van der Waals surface area contributed by atoms with E-state index in [-0.39, 0.29) is 5.75 Å². The van der Waals surface area contributed by atoms with Crippen LogP contribution in [0.5, 0.6) is 5.75 Å². The molecule has 3 aromatic rings. The Morgan fingerprint density at radius 2 is 2.06 bits per heavy atom. The van der Waals surface area contributed by atoms with Crippen LogP contribution in [0.15, 0.2) is 36.5 Å². The minimum absolute atomic E-state index is 0.0346. The highest BCUT2D eigenvalue weighted by Crippen LogP contribution is 2.32. The second kappa shape index (κ2) is 3.73. The van der Waals surface area contributed by atoms with Crippen molar-refractivity contribution in [1.29, 1.82) is 0 Å². The van der Waals surface area contributed by atoms with Gasteiger partial charge in [0.2, 0.25) is 0 Å². The van der Waals surface area contributed by atoms with Crippen LogP contribution in [-0.4, -0.2) is 19.7 Å². The number of anilines is 1. The molecule has 0 saturated heterocycles. The number of nitrogens with two attached hydrogens (primary N) is 1. The number of phenolic OH excluding ortho intramolecular Hbond substituents is 1. The van der Waals surface area contributed by atoms with Crippen molar-refractivity contribution in [3.05, 3.63) is 42.1 Å². The molecular formula is C13H12N4O. The fraction of sp³-hybridized carbons (Fsp3) is 0.0769. The topological polar surface area (TPSA) is 76.4 Å². The molecule has 0 bridgehead atoms. The van der Waals surface area contributed by atoms with Gasteiger partial charge in [-0.25, -0.2) is 0 Å². The number of aromatic nitrogens is 3. The van der Waals surface area contributed by atoms with Crippen LogP contribution in [-0.2, 0) is 0 Å². The third-order valence-electron chi connectivity index (χ3n) is 2.87. The molecule has 3 N–H and O–H groups in total. The first kappa shape index (κ1) is 10.6. The third kappa shape index (κ3) is 1.48. The highest BCUT2D eigenvalue weighted by atomic mass is 16.3. The van der Waals surface area contributed by atoms with E-state index >= 15 is 0 Å². The number of pyridine rings is 1. The van der Waals surface area contributed by atoms with Crippen LogP contribution in [0.3, 0.4) is 0 Å². The number of hydrogen-bond acceptors (Lipinski definition) is 4. The minimum atomic E-state index is 0.0346. The van der Waals surface area contributed by atoms with Crippen LogP contribution in [0.4, 0.5) is 5.69 Å². The van der Waals surface area contributed by atoms with Gasteiger partial charge >= 0.3 is 0 Å². The number of benzene rings is 1. The molecule has 5 nitrogen and oxygen atoms in total. The molecule has 0 aliphatic heterocycles. The normalized spacial score (nSPS) is 10.9. The Labute approximate surface area is 104 Å². The Balaban J connectivity index is 2.29. The van der Waals surface area contributed by atoms with Crippen molar-refractivity contribution in [2.75, 3.05) is 5.73 Å². The minimum Gasteiger partial charge on any atom is -0.505 e. The summed E-state index contributed by atoms with van der Waals surface area (Å²) in [4.78, 5) is 0. The zero-order chi connectivity index (χ0) is 12.7.